The molecule has 0 spiro atoms. The fraction of sp³-hybridized carbons (Fsp3) is 0.125. The summed E-state index contributed by atoms with van der Waals surface area (Å²) in [5.74, 6) is -0.546. The molecule has 3 aromatic rings. The molecule has 2 aromatic heterocycles. The topological polar surface area (TPSA) is 63.3 Å². The largest absolute Gasteiger partial charge is 0.478 e. The molecule has 0 amide bonds. The third kappa shape index (κ3) is 2.64. The predicted molar refractivity (Wildman–Crippen MR) is 81.0 cm³/mol. The fourth-order valence-electron chi connectivity index (χ4n) is 2.22. The minimum Gasteiger partial charge on any atom is -0.478 e. The van der Waals surface area contributed by atoms with Gasteiger partial charge in [-0.3, -0.25) is 0 Å². The van der Waals surface area contributed by atoms with Crippen LogP contribution >= 0.6 is 11.8 Å². The second-order valence-corrected chi connectivity index (χ2v) is 5.81. The van der Waals surface area contributed by atoms with Crippen LogP contribution in [0, 0.1) is 13.8 Å². The number of furan rings is 1. The third-order valence-electron chi connectivity index (χ3n) is 3.13. The molecule has 3 rings (SSSR count). The molecule has 0 aliphatic carbocycles. The molecular formula is C16H13NO3S. The summed E-state index contributed by atoms with van der Waals surface area (Å²) in [4.78, 5) is 16.7. The number of nitrogens with zero attached hydrogens (tertiary/aromatic N) is 1. The molecule has 4 nitrogen and oxygen atoms in total. The van der Waals surface area contributed by atoms with Gasteiger partial charge in [-0.2, -0.15) is 0 Å². The molecule has 21 heavy (non-hydrogen) atoms. The van der Waals surface area contributed by atoms with Gasteiger partial charge in [0.2, 0.25) is 0 Å². The summed E-state index contributed by atoms with van der Waals surface area (Å²) < 4.78 is 5.48. The summed E-state index contributed by atoms with van der Waals surface area (Å²) >= 11 is 1.50. The lowest BCUT2D eigenvalue weighted by atomic mass is 10.1. The van der Waals surface area contributed by atoms with Gasteiger partial charge in [0.05, 0.1) is 0 Å². The van der Waals surface area contributed by atoms with Gasteiger partial charge in [-0.15, -0.1) is 0 Å². The van der Waals surface area contributed by atoms with Crippen LogP contribution in [0.3, 0.4) is 0 Å². The molecular weight excluding hydrogens is 286 g/mol. The van der Waals surface area contributed by atoms with E-state index in [1.807, 2.05) is 37.3 Å². The van der Waals surface area contributed by atoms with Crippen molar-refractivity contribution < 1.29 is 14.3 Å². The number of fused-ring (bicyclic) bond motifs is 1. The summed E-state index contributed by atoms with van der Waals surface area (Å²) in [5, 5.41) is 10.8. The highest BCUT2D eigenvalue weighted by Gasteiger charge is 2.17. The average molecular weight is 299 g/mol. The monoisotopic (exact) mass is 299 g/mol. The number of rotatable bonds is 3. The molecule has 5 heteroatoms. The Bertz CT molecular complexity index is 839. The minimum absolute atomic E-state index is 0.227. The number of carboxylic acid groups (broad SMARTS) is 1. The summed E-state index contributed by atoms with van der Waals surface area (Å²) in [6, 6.07) is 11.4. The van der Waals surface area contributed by atoms with Gasteiger partial charge in [0.25, 0.3) is 0 Å². The number of pyridine rings is 1. The maximum Gasteiger partial charge on any atom is 0.339 e. The lowest BCUT2D eigenvalue weighted by molar-refractivity contribution is 0.0697. The van der Waals surface area contributed by atoms with E-state index in [9.17, 15) is 9.90 Å². The van der Waals surface area contributed by atoms with Crippen LogP contribution in [0.4, 0.5) is 0 Å². The zero-order valence-corrected chi connectivity index (χ0v) is 12.4. The van der Waals surface area contributed by atoms with E-state index in [0.29, 0.717) is 16.7 Å². The summed E-state index contributed by atoms with van der Waals surface area (Å²) in [7, 11) is 0. The molecule has 2 heterocycles. The van der Waals surface area contributed by atoms with Gasteiger partial charge in [0.15, 0.2) is 0 Å². The van der Waals surface area contributed by atoms with E-state index in [4.69, 9.17) is 4.42 Å². The van der Waals surface area contributed by atoms with E-state index in [-0.39, 0.29) is 5.56 Å². The Balaban J connectivity index is 2.04. The Hall–Kier alpha value is -2.27. The van der Waals surface area contributed by atoms with E-state index < -0.39 is 5.97 Å². The first kappa shape index (κ1) is 13.7. The highest BCUT2D eigenvalue weighted by atomic mass is 32.2. The third-order valence-corrected chi connectivity index (χ3v) is 4.06. The smallest absolute Gasteiger partial charge is 0.339 e. The molecule has 0 aliphatic rings. The summed E-state index contributed by atoms with van der Waals surface area (Å²) in [6.07, 6.45) is 0. The molecule has 0 saturated heterocycles. The van der Waals surface area contributed by atoms with E-state index in [1.54, 1.807) is 13.0 Å². The lowest BCUT2D eigenvalue weighted by Crippen LogP contribution is -1.96. The Morgan fingerprint density at radius 1 is 1.24 bits per heavy atom. The summed E-state index contributed by atoms with van der Waals surface area (Å²) in [5.41, 5.74) is 1.77. The van der Waals surface area contributed by atoms with Crippen molar-refractivity contribution in [3.05, 3.63) is 53.4 Å². The molecule has 1 N–H and O–H groups in total. The fourth-order valence-corrected chi connectivity index (χ4v) is 3.11. The normalized spacial score (nSPS) is 11.0. The Kier molecular flexibility index (Phi) is 3.43. The van der Waals surface area contributed by atoms with Gasteiger partial charge in [0, 0.05) is 16.0 Å². The molecule has 0 aliphatic heterocycles. The van der Waals surface area contributed by atoms with Gasteiger partial charge in [-0.1, -0.05) is 17.8 Å². The quantitative estimate of drug-likeness (QED) is 0.781. The number of aromatic nitrogens is 1. The van der Waals surface area contributed by atoms with Gasteiger partial charge < -0.3 is 9.52 Å². The van der Waals surface area contributed by atoms with Crippen molar-refractivity contribution in [3.63, 3.8) is 0 Å². The zero-order valence-electron chi connectivity index (χ0n) is 11.6. The highest BCUT2D eigenvalue weighted by molar-refractivity contribution is 7.99. The number of hydrogen-bond acceptors (Lipinski definition) is 4. The van der Waals surface area contributed by atoms with Gasteiger partial charge in [0.1, 0.15) is 21.9 Å². The molecule has 0 radical (unpaired) electrons. The molecule has 106 valence electrons. The number of aromatic carboxylic acids is 1. The Morgan fingerprint density at radius 3 is 2.76 bits per heavy atom. The maximum absolute atomic E-state index is 11.3. The first-order chi connectivity index (χ1) is 10.0. The first-order valence-corrected chi connectivity index (χ1v) is 7.24. The van der Waals surface area contributed by atoms with Gasteiger partial charge in [-0.05, 0) is 44.2 Å². The van der Waals surface area contributed by atoms with Crippen LogP contribution in [-0.4, -0.2) is 16.1 Å². The van der Waals surface area contributed by atoms with Crippen LogP contribution in [0.2, 0.25) is 0 Å². The molecule has 0 atom stereocenters. The van der Waals surface area contributed by atoms with E-state index >= 15 is 0 Å². The lowest BCUT2D eigenvalue weighted by Gasteiger charge is -2.02. The van der Waals surface area contributed by atoms with E-state index in [0.717, 1.165) is 15.6 Å². The molecule has 0 bridgehead atoms. The molecule has 0 fully saturated rings. The first-order valence-electron chi connectivity index (χ1n) is 6.42. The van der Waals surface area contributed by atoms with Crippen molar-refractivity contribution in [3.8, 4) is 0 Å². The second-order valence-electron chi connectivity index (χ2n) is 4.72. The number of carbonyl (C=O) groups is 1. The van der Waals surface area contributed by atoms with Gasteiger partial charge in [-0.25, -0.2) is 9.78 Å². The second kappa shape index (κ2) is 5.26. The molecule has 1 aromatic carbocycles. The number of carboxylic acids is 1. The molecule has 0 unspecified atom stereocenters. The van der Waals surface area contributed by atoms with Crippen LogP contribution in [-0.2, 0) is 0 Å². The van der Waals surface area contributed by atoms with E-state index in [2.05, 4.69) is 4.98 Å². The SMILES string of the molecule is Cc1cccc(Sc2ccc3oc(C)c(C(=O)O)c3c2)n1. The van der Waals surface area contributed by atoms with Crippen molar-refractivity contribution in [1.29, 1.82) is 0 Å². The Morgan fingerprint density at radius 2 is 2.05 bits per heavy atom. The maximum atomic E-state index is 11.3. The zero-order chi connectivity index (χ0) is 15.0. The Labute approximate surface area is 125 Å². The van der Waals surface area contributed by atoms with Crippen LogP contribution in [0.25, 0.3) is 11.0 Å². The van der Waals surface area contributed by atoms with Crippen LogP contribution in [0.5, 0.6) is 0 Å². The van der Waals surface area contributed by atoms with Gasteiger partial charge >= 0.3 is 5.97 Å². The molecule has 0 saturated carbocycles. The van der Waals surface area contributed by atoms with Crippen molar-refractivity contribution in [2.75, 3.05) is 0 Å². The van der Waals surface area contributed by atoms with E-state index in [1.165, 1.54) is 11.8 Å². The van der Waals surface area contributed by atoms with Crippen molar-refractivity contribution in [2.24, 2.45) is 0 Å². The van der Waals surface area contributed by atoms with Crippen LogP contribution < -0.4 is 0 Å². The average Bonchev–Trinajstić information content (AvgIpc) is 2.74. The summed E-state index contributed by atoms with van der Waals surface area (Å²) in [6.45, 7) is 3.60. The van der Waals surface area contributed by atoms with Crippen LogP contribution in [0.1, 0.15) is 21.8 Å². The van der Waals surface area contributed by atoms with Crippen molar-refractivity contribution in [1.82, 2.24) is 4.98 Å². The standard InChI is InChI=1S/C16H13NO3S/c1-9-4-3-5-14(17-9)21-11-6-7-13-12(8-11)15(16(18)19)10(2)20-13/h3-8H,1-2H3,(H,18,19). The predicted octanol–water partition coefficient (Wildman–Crippen LogP) is 4.29. The number of hydrogen-bond donors (Lipinski definition) is 1. The highest BCUT2D eigenvalue weighted by Crippen LogP contribution is 2.32. The minimum atomic E-state index is -0.970. The van der Waals surface area contributed by atoms with Crippen LogP contribution in [0.15, 0.2) is 50.7 Å². The number of aryl methyl sites for hydroxylation is 2. The number of benzene rings is 1. The van der Waals surface area contributed by atoms with Crippen molar-refractivity contribution in [2.45, 2.75) is 23.8 Å². The van der Waals surface area contributed by atoms with Crippen molar-refractivity contribution >= 4 is 28.7 Å².